The number of aromatic nitrogens is 2. The number of nitrogens with one attached hydrogen (secondary N) is 4. The number of carbonyl (C=O) groups is 3. The topological polar surface area (TPSA) is 200 Å². The first-order chi connectivity index (χ1) is 19.0. The molecule has 0 fully saturated rings. The number of rotatable bonds is 15. The van der Waals surface area contributed by atoms with Crippen LogP contribution in [0.3, 0.4) is 0 Å². The van der Waals surface area contributed by atoms with E-state index in [2.05, 4.69) is 25.3 Å². The summed E-state index contributed by atoms with van der Waals surface area (Å²) in [5, 5.41) is 16.0. The van der Waals surface area contributed by atoms with E-state index in [1.807, 2.05) is 31.1 Å². The molecule has 0 aliphatic rings. The van der Waals surface area contributed by atoms with E-state index in [0.717, 1.165) is 11.1 Å². The maximum absolute atomic E-state index is 13.1. The molecule has 0 spiro atoms. The molecule has 13 nitrogen and oxygen atoms in total. The Morgan fingerprint density at radius 3 is 2.42 bits per heavy atom. The number of hydrogen-bond donors (Lipinski definition) is 6. The summed E-state index contributed by atoms with van der Waals surface area (Å²) >= 11 is 0. The molecule has 1 aromatic heterocycles. The lowest BCUT2D eigenvalue weighted by Gasteiger charge is -2.21. The molecule has 0 saturated heterocycles. The van der Waals surface area contributed by atoms with Gasteiger partial charge in [0.25, 0.3) is 0 Å². The number of anilines is 1. The number of nitrogens with two attached hydrogens (primary N) is 1. The van der Waals surface area contributed by atoms with Crippen molar-refractivity contribution in [2.24, 2.45) is 5.73 Å². The molecule has 0 aliphatic carbocycles. The third-order valence-corrected chi connectivity index (χ3v) is 7.79. The first-order valence-electron chi connectivity index (χ1n) is 12.7. The number of unbranched alkanes of at least 4 members (excludes halogenated alkanes) is 1. The molecule has 0 radical (unpaired) electrons. The van der Waals surface area contributed by atoms with E-state index >= 15 is 0 Å². The summed E-state index contributed by atoms with van der Waals surface area (Å²) in [7, 11) is -0.0574. The van der Waals surface area contributed by atoms with Gasteiger partial charge in [0.1, 0.15) is 12.1 Å². The first kappa shape index (κ1) is 30.5. The van der Waals surface area contributed by atoms with Gasteiger partial charge < -0.3 is 31.4 Å². The highest BCUT2D eigenvalue weighted by molar-refractivity contribution is 7.89. The van der Waals surface area contributed by atoms with Gasteiger partial charge in [0.05, 0.1) is 17.8 Å². The summed E-state index contributed by atoms with van der Waals surface area (Å²) in [6.07, 6.45) is 3.70. The van der Waals surface area contributed by atoms with Crippen molar-refractivity contribution >= 4 is 44.3 Å². The number of benzene rings is 2. The molecule has 0 aliphatic heterocycles. The first-order valence-corrected chi connectivity index (χ1v) is 14.2. The van der Waals surface area contributed by atoms with Gasteiger partial charge in [0.2, 0.25) is 21.8 Å². The second kappa shape index (κ2) is 13.9. The van der Waals surface area contributed by atoms with E-state index < -0.39 is 39.9 Å². The van der Waals surface area contributed by atoms with Crippen LogP contribution < -0.4 is 26.0 Å². The SMILES string of the molecule is CN(C)c1cccc2c(S(=O)(=O)NCCCC[C@H](NC(=O)[C@H](Cc3cnc[nH]3)NC(=O)CN)C(=O)O)cccc12. The third-order valence-electron chi connectivity index (χ3n) is 6.27. The zero-order valence-corrected chi connectivity index (χ0v) is 23.2. The highest BCUT2D eigenvalue weighted by atomic mass is 32.2. The molecule has 7 N–H and O–H groups in total. The number of carbonyl (C=O) groups excluding carboxylic acids is 2. The van der Waals surface area contributed by atoms with Crippen molar-refractivity contribution in [3.8, 4) is 0 Å². The predicted octanol–water partition coefficient (Wildman–Crippen LogP) is 0.333. The molecule has 3 rings (SSSR count). The second-order valence-electron chi connectivity index (χ2n) is 9.42. The van der Waals surface area contributed by atoms with Crippen LogP contribution in [0.4, 0.5) is 5.69 Å². The van der Waals surface area contributed by atoms with Crippen LogP contribution in [-0.4, -0.2) is 80.5 Å². The van der Waals surface area contributed by atoms with Crippen LogP contribution >= 0.6 is 0 Å². The van der Waals surface area contributed by atoms with Crippen molar-refractivity contribution in [3.05, 3.63) is 54.6 Å². The molecule has 2 atom stereocenters. The highest BCUT2D eigenvalue weighted by Crippen LogP contribution is 2.30. The van der Waals surface area contributed by atoms with E-state index in [0.29, 0.717) is 23.9 Å². The van der Waals surface area contributed by atoms with E-state index in [4.69, 9.17) is 5.73 Å². The van der Waals surface area contributed by atoms with Crippen molar-refractivity contribution in [2.75, 3.05) is 32.1 Å². The summed E-state index contributed by atoms with van der Waals surface area (Å²) in [6, 6.07) is 8.29. The van der Waals surface area contributed by atoms with Crippen molar-refractivity contribution in [1.82, 2.24) is 25.3 Å². The number of fused-ring (bicyclic) bond motifs is 1. The number of imidazole rings is 1. The second-order valence-corrected chi connectivity index (χ2v) is 11.2. The number of H-pyrrole nitrogens is 1. The zero-order chi connectivity index (χ0) is 29.3. The molecule has 2 aromatic carbocycles. The lowest BCUT2D eigenvalue weighted by Crippen LogP contribution is -2.53. The minimum atomic E-state index is -3.83. The Bertz CT molecular complexity index is 1430. The number of aromatic amines is 1. The lowest BCUT2D eigenvalue weighted by atomic mass is 10.1. The van der Waals surface area contributed by atoms with Gasteiger partial charge in [-0.1, -0.05) is 24.3 Å². The molecular weight excluding hydrogens is 538 g/mol. The molecule has 3 aromatic rings. The van der Waals surface area contributed by atoms with Gasteiger partial charge >= 0.3 is 5.97 Å². The molecule has 216 valence electrons. The Morgan fingerprint density at radius 2 is 1.77 bits per heavy atom. The van der Waals surface area contributed by atoms with E-state index in [9.17, 15) is 27.9 Å². The van der Waals surface area contributed by atoms with Crippen molar-refractivity contribution in [1.29, 1.82) is 0 Å². The van der Waals surface area contributed by atoms with Crippen LogP contribution in [0.5, 0.6) is 0 Å². The summed E-state index contributed by atoms with van der Waals surface area (Å²) in [5.41, 5.74) is 6.81. The van der Waals surface area contributed by atoms with Gasteiger partial charge in [0.15, 0.2) is 0 Å². The number of carboxylic acid groups (broad SMARTS) is 1. The molecule has 2 amide bonds. The van der Waals surface area contributed by atoms with Crippen LogP contribution in [-0.2, 0) is 30.8 Å². The normalized spacial score (nSPS) is 13.0. The fourth-order valence-electron chi connectivity index (χ4n) is 4.26. The van der Waals surface area contributed by atoms with Crippen molar-refractivity contribution in [3.63, 3.8) is 0 Å². The minimum Gasteiger partial charge on any atom is -0.480 e. The van der Waals surface area contributed by atoms with Gasteiger partial charge in [0, 0.05) is 55.4 Å². The molecule has 0 bridgehead atoms. The van der Waals surface area contributed by atoms with Crippen molar-refractivity contribution in [2.45, 2.75) is 42.7 Å². The van der Waals surface area contributed by atoms with E-state index in [1.165, 1.54) is 12.5 Å². The number of sulfonamides is 1. The standard InChI is InChI=1S/C26H35N7O6S/c1-33(2)22-10-5-8-19-18(22)7-6-11-23(19)40(38,39)30-12-4-3-9-20(26(36)37)32-25(35)21(31-24(34)14-27)13-17-15-28-16-29-17/h5-8,10-11,15-16,20-21,30H,3-4,9,12-14,27H2,1-2H3,(H,28,29)(H,31,34)(H,32,35)(H,36,37)/t20-,21-/m0/s1. The smallest absolute Gasteiger partial charge is 0.326 e. The highest BCUT2D eigenvalue weighted by Gasteiger charge is 2.27. The monoisotopic (exact) mass is 573 g/mol. The quantitative estimate of drug-likeness (QED) is 0.139. The Balaban J connectivity index is 1.58. The molecule has 14 heteroatoms. The number of aliphatic carboxylic acids is 1. The fourth-order valence-corrected chi connectivity index (χ4v) is 5.55. The lowest BCUT2D eigenvalue weighted by molar-refractivity contribution is -0.142. The Kier molecular flexibility index (Phi) is 10.6. The molecule has 0 saturated carbocycles. The average Bonchev–Trinajstić information content (AvgIpc) is 3.43. The summed E-state index contributed by atoms with van der Waals surface area (Å²) in [5.74, 6) is -2.49. The zero-order valence-electron chi connectivity index (χ0n) is 22.4. The number of nitrogens with zero attached hydrogens (tertiary/aromatic N) is 2. The van der Waals surface area contributed by atoms with Crippen molar-refractivity contribution < 1.29 is 27.9 Å². The Hall–Kier alpha value is -4.01. The van der Waals surface area contributed by atoms with Gasteiger partial charge in [-0.15, -0.1) is 0 Å². The van der Waals surface area contributed by atoms with Crippen LogP contribution in [0.1, 0.15) is 25.0 Å². The number of carboxylic acids is 1. The van der Waals surface area contributed by atoms with Crippen LogP contribution in [0.25, 0.3) is 10.8 Å². The average molecular weight is 574 g/mol. The van der Waals surface area contributed by atoms with Crippen LogP contribution in [0, 0.1) is 0 Å². The maximum atomic E-state index is 13.1. The van der Waals surface area contributed by atoms with Gasteiger partial charge in [-0.2, -0.15) is 0 Å². The van der Waals surface area contributed by atoms with Gasteiger partial charge in [-0.25, -0.2) is 22.9 Å². The molecule has 1 heterocycles. The molecule has 40 heavy (non-hydrogen) atoms. The predicted molar refractivity (Wildman–Crippen MR) is 150 cm³/mol. The van der Waals surface area contributed by atoms with E-state index in [-0.39, 0.29) is 30.8 Å². The largest absolute Gasteiger partial charge is 0.480 e. The van der Waals surface area contributed by atoms with E-state index in [1.54, 1.807) is 24.3 Å². The number of hydrogen-bond acceptors (Lipinski definition) is 8. The summed E-state index contributed by atoms with van der Waals surface area (Å²) < 4.78 is 28.7. The Morgan fingerprint density at radius 1 is 1.05 bits per heavy atom. The number of amides is 2. The maximum Gasteiger partial charge on any atom is 0.326 e. The van der Waals surface area contributed by atoms with Crippen LogP contribution in [0.15, 0.2) is 53.8 Å². The fraction of sp³-hybridized carbons (Fsp3) is 0.385. The van der Waals surface area contributed by atoms with Gasteiger partial charge in [-0.05, 0) is 31.4 Å². The van der Waals surface area contributed by atoms with Gasteiger partial charge in [-0.3, -0.25) is 9.59 Å². The Labute approximate surface area is 232 Å². The summed E-state index contributed by atoms with van der Waals surface area (Å²) in [4.78, 5) is 45.2. The van der Waals surface area contributed by atoms with Crippen LogP contribution in [0.2, 0.25) is 0 Å². The third kappa shape index (κ3) is 8.00. The summed E-state index contributed by atoms with van der Waals surface area (Å²) in [6.45, 7) is -0.248. The molecular formula is C26H35N7O6S. The minimum absolute atomic E-state index is 0.0604. The molecule has 0 unspecified atom stereocenters.